The van der Waals surface area contributed by atoms with Crippen LogP contribution in [0.1, 0.15) is 19.4 Å². The standard InChI is InChI=1S/C17H25ClFN3O/c1-3-22(4-2)17(23)13-21-10-8-20(9-11-21)12-14-15(18)6-5-7-16(14)19/h5-7H,3-4,8-13H2,1-2H3. The fraction of sp³-hybridized carbons (Fsp3) is 0.588. The average molecular weight is 342 g/mol. The van der Waals surface area contributed by atoms with Crippen LogP contribution in [0.4, 0.5) is 4.39 Å². The molecule has 1 aromatic carbocycles. The maximum Gasteiger partial charge on any atom is 0.236 e. The summed E-state index contributed by atoms with van der Waals surface area (Å²) in [6.07, 6.45) is 0. The smallest absolute Gasteiger partial charge is 0.236 e. The summed E-state index contributed by atoms with van der Waals surface area (Å²) in [5.74, 6) is -0.0720. The molecule has 23 heavy (non-hydrogen) atoms. The number of hydrogen-bond donors (Lipinski definition) is 0. The molecular weight excluding hydrogens is 317 g/mol. The van der Waals surface area contributed by atoms with Crippen LogP contribution in [0.2, 0.25) is 5.02 Å². The lowest BCUT2D eigenvalue weighted by atomic mass is 10.2. The van der Waals surface area contributed by atoms with Gasteiger partial charge in [-0.1, -0.05) is 17.7 Å². The highest BCUT2D eigenvalue weighted by Gasteiger charge is 2.22. The quantitative estimate of drug-likeness (QED) is 0.795. The third kappa shape index (κ3) is 4.90. The summed E-state index contributed by atoms with van der Waals surface area (Å²) >= 11 is 6.09. The van der Waals surface area contributed by atoms with Crippen LogP contribution in [-0.2, 0) is 11.3 Å². The van der Waals surface area contributed by atoms with Crippen molar-refractivity contribution in [1.82, 2.24) is 14.7 Å². The van der Waals surface area contributed by atoms with Gasteiger partial charge in [0.05, 0.1) is 6.54 Å². The lowest BCUT2D eigenvalue weighted by molar-refractivity contribution is -0.132. The number of carbonyl (C=O) groups is 1. The first kappa shape index (κ1) is 18.2. The van der Waals surface area contributed by atoms with Crippen molar-refractivity contribution in [2.45, 2.75) is 20.4 Å². The summed E-state index contributed by atoms with van der Waals surface area (Å²) in [6.45, 7) is 9.75. The molecule has 1 aliphatic heterocycles. The summed E-state index contributed by atoms with van der Waals surface area (Å²) in [6, 6.07) is 4.79. The van der Waals surface area contributed by atoms with E-state index in [0.29, 0.717) is 23.7 Å². The second-order valence-corrected chi connectivity index (χ2v) is 6.23. The van der Waals surface area contributed by atoms with Gasteiger partial charge >= 0.3 is 0 Å². The van der Waals surface area contributed by atoms with E-state index in [9.17, 15) is 9.18 Å². The van der Waals surface area contributed by atoms with Crippen molar-refractivity contribution in [2.75, 3.05) is 45.8 Å². The molecule has 4 nitrogen and oxygen atoms in total. The number of rotatable bonds is 6. The molecule has 0 saturated carbocycles. The van der Waals surface area contributed by atoms with Gasteiger partial charge in [-0.2, -0.15) is 0 Å². The zero-order chi connectivity index (χ0) is 16.8. The Hall–Kier alpha value is -1.17. The zero-order valence-electron chi connectivity index (χ0n) is 13.9. The Labute approximate surface area is 142 Å². The molecular formula is C17H25ClFN3O. The van der Waals surface area contributed by atoms with E-state index in [-0.39, 0.29) is 11.7 Å². The Morgan fingerprint density at radius 3 is 2.35 bits per heavy atom. The van der Waals surface area contributed by atoms with Crippen LogP contribution in [0.15, 0.2) is 18.2 Å². The molecule has 1 aromatic rings. The number of benzene rings is 1. The molecule has 0 atom stereocenters. The van der Waals surface area contributed by atoms with Gasteiger partial charge in [0, 0.05) is 56.4 Å². The monoisotopic (exact) mass is 341 g/mol. The molecule has 0 N–H and O–H groups in total. The minimum atomic E-state index is -0.253. The number of halogens is 2. The van der Waals surface area contributed by atoms with Gasteiger partial charge in [-0.05, 0) is 26.0 Å². The van der Waals surface area contributed by atoms with Crippen LogP contribution in [-0.4, -0.2) is 66.4 Å². The molecule has 6 heteroatoms. The van der Waals surface area contributed by atoms with Gasteiger partial charge < -0.3 is 4.90 Å². The fourth-order valence-corrected chi connectivity index (χ4v) is 3.10. The van der Waals surface area contributed by atoms with Gasteiger partial charge in [0.1, 0.15) is 5.82 Å². The van der Waals surface area contributed by atoms with Crippen LogP contribution >= 0.6 is 11.6 Å². The number of piperazine rings is 1. The number of hydrogen-bond acceptors (Lipinski definition) is 3. The summed E-state index contributed by atoms with van der Waals surface area (Å²) in [5.41, 5.74) is 0.557. The molecule has 1 saturated heterocycles. The van der Waals surface area contributed by atoms with Crippen LogP contribution in [0.3, 0.4) is 0 Å². The van der Waals surface area contributed by atoms with Crippen LogP contribution in [0.25, 0.3) is 0 Å². The molecule has 0 unspecified atom stereocenters. The molecule has 0 aromatic heterocycles. The van der Waals surface area contributed by atoms with Gasteiger partial charge in [-0.15, -0.1) is 0 Å². The summed E-state index contributed by atoms with van der Waals surface area (Å²) in [4.78, 5) is 18.3. The molecule has 0 spiro atoms. The molecule has 1 amide bonds. The minimum absolute atomic E-state index is 0.181. The van der Waals surface area contributed by atoms with E-state index >= 15 is 0 Å². The Bertz CT molecular complexity index is 508. The molecule has 0 radical (unpaired) electrons. The first-order valence-corrected chi connectivity index (χ1v) is 8.58. The van der Waals surface area contributed by atoms with Crippen LogP contribution in [0.5, 0.6) is 0 Å². The van der Waals surface area contributed by atoms with E-state index in [1.54, 1.807) is 12.1 Å². The Morgan fingerprint density at radius 2 is 1.78 bits per heavy atom. The largest absolute Gasteiger partial charge is 0.342 e. The van der Waals surface area contributed by atoms with E-state index in [0.717, 1.165) is 39.3 Å². The molecule has 1 aliphatic rings. The lowest BCUT2D eigenvalue weighted by Gasteiger charge is -2.35. The Balaban J connectivity index is 1.83. The van der Waals surface area contributed by atoms with Crippen molar-refractivity contribution in [1.29, 1.82) is 0 Å². The Morgan fingerprint density at radius 1 is 1.17 bits per heavy atom. The molecule has 128 valence electrons. The zero-order valence-corrected chi connectivity index (χ0v) is 14.7. The second-order valence-electron chi connectivity index (χ2n) is 5.82. The third-order valence-electron chi connectivity index (χ3n) is 4.38. The average Bonchev–Trinajstić information content (AvgIpc) is 2.54. The van der Waals surface area contributed by atoms with E-state index in [4.69, 9.17) is 11.6 Å². The number of likely N-dealkylation sites (N-methyl/N-ethyl adjacent to an activating group) is 1. The maximum absolute atomic E-state index is 13.8. The van der Waals surface area contributed by atoms with E-state index in [1.165, 1.54) is 6.07 Å². The third-order valence-corrected chi connectivity index (χ3v) is 4.74. The fourth-order valence-electron chi connectivity index (χ4n) is 2.88. The predicted molar refractivity (Wildman–Crippen MR) is 91.1 cm³/mol. The summed E-state index contributed by atoms with van der Waals surface area (Å²) in [5, 5.41) is 0.476. The van der Waals surface area contributed by atoms with Gasteiger partial charge in [0.15, 0.2) is 0 Å². The Kier molecular flexibility index (Phi) is 6.81. The topological polar surface area (TPSA) is 26.8 Å². The second kappa shape index (κ2) is 8.62. The molecule has 2 rings (SSSR count). The number of nitrogens with zero attached hydrogens (tertiary/aromatic N) is 3. The van der Waals surface area contributed by atoms with Crippen molar-refractivity contribution in [3.05, 3.63) is 34.6 Å². The van der Waals surface area contributed by atoms with Gasteiger partial charge in [-0.25, -0.2) is 4.39 Å². The van der Waals surface area contributed by atoms with Crippen molar-refractivity contribution in [3.63, 3.8) is 0 Å². The van der Waals surface area contributed by atoms with Crippen molar-refractivity contribution in [2.24, 2.45) is 0 Å². The predicted octanol–water partition coefficient (Wildman–Crippen LogP) is 2.47. The number of amides is 1. The molecule has 1 heterocycles. The maximum atomic E-state index is 13.8. The van der Waals surface area contributed by atoms with E-state index in [2.05, 4.69) is 9.80 Å². The molecule has 0 bridgehead atoms. The highest BCUT2D eigenvalue weighted by atomic mass is 35.5. The molecule has 1 fully saturated rings. The summed E-state index contributed by atoms with van der Waals surface area (Å²) < 4.78 is 13.8. The van der Waals surface area contributed by atoms with Gasteiger partial charge in [0.25, 0.3) is 0 Å². The minimum Gasteiger partial charge on any atom is -0.342 e. The normalized spacial score (nSPS) is 16.5. The number of carbonyl (C=O) groups excluding carboxylic acids is 1. The lowest BCUT2D eigenvalue weighted by Crippen LogP contribution is -2.49. The van der Waals surface area contributed by atoms with Gasteiger partial charge in [0.2, 0.25) is 5.91 Å². The first-order chi connectivity index (χ1) is 11.0. The summed E-state index contributed by atoms with van der Waals surface area (Å²) in [7, 11) is 0. The van der Waals surface area contributed by atoms with E-state index in [1.807, 2.05) is 18.7 Å². The first-order valence-electron chi connectivity index (χ1n) is 8.20. The van der Waals surface area contributed by atoms with Crippen molar-refractivity contribution < 1.29 is 9.18 Å². The van der Waals surface area contributed by atoms with Gasteiger partial charge in [-0.3, -0.25) is 14.6 Å². The molecule has 0 aliphatic carbocycles. The van der Waals surface area contributed by atoms with Crippen LogP contribution < -0.4 is 0 Å². The van der Waals surface area contributed by atoms with Crippen molar-refractivity contribution in [3.8, 4) is 0 Å². The SMILES string of the molecule is CCN(CC)C(=O)CN1CCN(Cc2c(F)cccc2Cl)CC1. The highest BCUT2D eigenvalue weighted by Crippen LogP contribution is 2.21. The highest BCUT2D eigenvalue weighted by molar-refractivity contribution is 6.31. The van der Waals surface area contributed by atoms with Crippen molar-refractivity contribution >= 4 is 17.5 Å². The van der Waals surface area contributed by atoms with E-state index < -0.39 is 0 Å². The van der Waals surface area contributed by atoms with Crippen LogP contribution in [0, 0.1) is 5.82 Å².